The van der Waals surface area contributed by atoms with Gasteiger partial charge in [0.15, 0.2) is 0 Å². The minimum absolute atomic E-state index is 0.301. The van der Waals surface area contributed by atoms with Crippen molar-refractivity contribution < 1.29 is 23.8 Å². The molecule has 1 aliphatic carbocycles. The molecule has 0 bridgehead atoms. The van der Waals surface area contributed by atoms with Crippen LogP contribution in [0.5, 0.6) is 23.0 Å². The molecule has 1 saturated heterocycles. The van der Waals surface area contributed by atoms with Crippen LogP contribution in [0.4, 0.5) is 4.79 Å². The van der Waals surface area contributed by atoms with Crippen LogP contribution in [0, 0.1) is 0 Å². The number of ether oxygens (including phenoxy) is 3. The van der Waals surface area contributed by atoms with Crippen LogP contribution in [0.1, 0.15) is 75.0 Å². The predicted octanol–water partition coefficient (Wildman–Crippen LogP) is 8.14. The first kappa shape index (κ1) is 28.1. The maximum absolute atomic E-state index is 12.3. The summed E-state index contributed by atoms with van der Waals surface area (Å²) in [6, 6.07) is 22.0. The maximum Gasteiger partial charge on any atom is 0.287 e. The van der Waals surface area contributed by atoms with E-state index in [1.807, 2.05) is 36.4 Å². The molecule has 0 radical (unpaired) electrons. The summed E-state index contributed by atoms with van der Waals surface area (Å²) >= 11 is 0.995. The maximum atomic E-state index is 12.3. The smallest absolute Gasteiger partial charge is 0.287 e. The highest BCUT2D eigenvalue weighted by Crippen LogP contribution is 2.42. The fourth-order valence-electron chi connectivity index (χ4n) is 5.40. The molecule has 3 aromatic rings. The molecule has 1 atom stereocenters. The van der Waals surface area contributed by atoms with E-state index in [-0.39, 0.29) is 11.1 Å². The quantitative estimate of drug-likeness (QED) is 0.226. The van der Waals surface area contributed by atoms with Gasteiger partial charge in [0.2, 0.25) is 5.91 Å². The molecule has 40 heavy (non-hydrogen) atoms. The number of imide groups is 1. The average molecular weight is 560 g/mol. The molecule has 2 aliphatic rings. The Labute approximate surface area is 240 Å². The molecule has 210 valence electrons. The van der Waals surface area contributed by atoms with Crippen molar-refractivity contribution in [3.8, 4) is 23.0 Å². The van der Waals surface area contributed by atoms with Crippen LogP contribution < -0.4 is 19.5 Å². The first-order valence-electron chi connectivity index (χ1n) is 14.3. The van der Waals surface area contributed by atoms with Crippen LogP contribution in [0.2, 0.25) is 0 Å². The van der Waals surface area contributed by atoms with Gasteiger partial charge in [-0.25, -0.2) is 0 Å². The second-order valence-corrected chi connectivity index (χ2v) is 12.0. The van der Waals surface area contributed by atoms with E-state index in [4.69, 9.17) is 14.2 Å². The third-order valence-electron chi connectivity index (χ3n) is 7.64. The van der Waals surface area contributed by atoms with E-state index in [0.29, 0.717) is 31.3 Å². The van der Waals surface area contributed by atoms with E-state index < -0.39 is 4.75 Å². The van der Waals surface area contributed by atoms with Gasteiger partial charge >= 0.3 is 0 Å². The molecule has 3 aromatic carbocycles. The standard InChI is InChI=1S/C33H37NO5S/c1-3-8-25-21-29(39-27-15-13-24(14-16-27)23-9-4-5-10-23)17-18-30(25)38-20-7-19-37-28-12-6-11-26(22-28)33(2)31(35)34-32(36)40-33/h6,11-18,21-23H,3-5,7-10,19-20H2,1-2H3,(H,34,35,36). The Morgan fingerprint density at radius 3 is 2.38 bits per heavy atom. The lowest BCUT2D eigenvalue weighted by molar-refractivity contribution is -0.121. The van der Waals surface area contributed by atoms with Crippen molar-refractivity contribution in [2.45, 2.75) is 69.5 Å². The lowest BCUT2D eigenvalue weighted by Crippen LogP contribution is -2.31. The predicted molar refractivity (Wildman–Crippen MR) is 159 cm³/mol. The van der Waals surface area contributed by atoms with Gasteiger partial charge in [0.25, 0.3) is 5.24 Å². The third kappa shape index (κ3) is 6.64. The minimum atomic E-state index is -0.940. The van der Waals surface area contributed by atoms with Gasteiger partial charge in [-0.05, 0) is 103 Å². The summed E-state index contributed by atoms with van der Waals surface area (Å²) in [5.74, 6) is 3.60. The number of benzene rings is 3. The fraction of sp³-hybridized carbons (Fsp3) is 0.394. The topological polar surface area (TPSA) is 73.9 Å². The largest absolute Gasteiger partial charge is 0.493 e. The average Bonchev–Trinajstić information content (AvgIpc) is 3.58. The summed E-state index contributed by atoms with van der Waals surface area (Å²) in [6.45, 7) is 4.90. The van der Waals surface area contributed by atoms with Gasteiger partial charge in [0, 0.05) is 6.42 Å². The second-order valence-electron chi connectivity index (χ2n) is 10.6. The highest BCUT2D eigenvalue weighted by Gasteiger charge is 2.45. The Morgan fingerprint density at radius 1 is 0.900 bits per heavy atom. The molecule has 0 spiro atoms. The first-order chi connectivity index (χ1) is 19.4. The summed E-state index contributed by atoms with van der Waals surface area (Å²) in [5.41, 5.74) is 3.29. The third-order valence-corrected chi connectivity index (χ3v) is 8.76. The van der Waals surface area contributed by atoms with E-state index in [1.54, 1.807) is 6.92 Å². The van der Waals surface area contributed by atoms with E-state index in [2.05, 4.69) is 42.6 Å². The molecule has 7 heteroatoms. The molecule has 6 nitrogen and oxygen atoms in total. The van der Waals surface area contributed by atoms with Gasteiger partial charge < -0.3 is 14.2 Å². The van der Waals surface area contributed by atoms with Gasteiger partial charge in [-0.15, -0.1) is 0 Å². The molecule has 2 amide bonds. The molecule has 2 fully saturated rings. The summed E-state index contributed by atoms with van der Waals surface area (Å²) in [4.78, 5) is 24.0. The van der Waals surface area contributed by atoms with Crippen molar-refractivity contribution in [2.24, 2.45) is 0 Å². The second kappa shape index (κ2) is 12.8. The number of hydrogen-bond acceptors (Lipinski definition) is 6. The Hall–Kier alpha value is -3.45. The molecule has 0 aromatic heterocycles. The zero-order chi connectivity index (χ0) is 28.0. The van der Waals surface area contributed by atoms with Gasteiger partial charge in [-0.3, -0.25) is 14.9 Å². The van der Waals surface area contributed by atoms with Crippen LogP contribution >= 0.6 is 11.8 Å². The SMILES string of the molecule is CCCc1cc(Oc2ccc(C3CCCC3)cc2)ccc1OCCCOc1cccc(C2(C)SC(=O)NC2=O)c1. The number of aryl methyl sites for hydroxylation is 1. The van der Waals surface area contributed by atoms with Crippen molar-refractivity contribution in [3.05, 3.63) is 83.4 Å². The molecule has 5 rings (SSSR count). The number of thioether (sulfide) groups is 1. The molecule has 1 saturated carbocycles. The number of nitrogens with one attached hydrogen (secondary N) is 1. The van der Waals surface area contributed by atoms with Crippen molar-refractivity contribution in [3.63, 3.8) is 0 Å². The number of hydrogen-bond donors (Lipinski definition) is 1. The number of rotatable bonds is 12. The Bertz CT molecular complexity index is 1330. The van der Waals surface area contributed by atoms with E-state index >= 15 is 0 Å². The molecule has 1 unspecified atom stereocenters. The summed E-state index contributed by atoms with van der Waals surface area (Å²) < 4.78 is 17.3. The highest BCUT2D eigenvalue weighted by atomic mass is 32.2. The van der Waals surface area contributed by atoms with Crippen molar-refractivity contribution in [2.75, 3.05) is 13.2 Å². The Morgan fingerprint density at radius 2 is 1.65 bits per heavy atom. The molecule has 1 N–H and O–H groups in total. The van der Waals surface area contributed by atoms with E-state index in [9.17, 15) is 9.59 Å². The molecule has 1 heterocycles. The van der Waals surface area contributed by atoms with Crippen LogP contribution in [-0.4, -0.2) is 24.4 Å². The zero-order valence-corrected chi connectivity index (χ0v) is 24.1. The summed E-state index contributed by atoms with van der Waals surface area (Å²) in [7, 11) is 0. The molecular weight excluding hydrogens is 522 g/mol. The van der Waals surface area contributed by atoms with Crippen LogP contribution in [0.25, 0.3) is 0 Å². The minimum Gasteiger partial charge on any atom is -0.493 e. The molecular formula is C33H37NO5S. The van der Waals surface area contributed by atoms with Crippen molar-refractivity contribution in [1.29, 1.82) is 0 Å². The number of carbonyl (C=O) groups is 2. The molecule has 1 aliphatic heterocycles. The van der Waals surface area contributed by atoms with Gasteiger partial charge in [0.1, 0.15) is 27.7 Å². The number of carbonyl (C=O) groups excluding carboxylic acids is 2. The van der Waals surface area contributed by atoms with Crippen LogP contribution in [0.15, 0.2) is 66.7 Å². The monoisotopic (exact) mass is 559 g/mol. The number of amides is 2. The normalized spacial score (nSPS) is 19.1. The fourth-order valence-corrected chi connectivity index (χ4v) is 6.30. The van der Waals surface area contributed by atoms with E-state index in [1.165, 1.54) is 31.2 Å². The van der Waals surface area contributed by atoms with Crippen molar-refractivity contribution >= 4 is 22.9 Å². The summed E-state index contributed by atoms with van der Waals surface area (Å²) in [5, 5.41) is 2.03. The van der Waals surface area contributed by atoms with E-state index in [0.717, 1.165) is 53.0 Å². The lowest BCUT2D eigenvalue weighted by Gasteiger charge is -2.19. The van der Waals surface area contributed by atoms with Gasteiger partial charge in [-0.2, -0.15) is 0 Å². The van der Waals surface area contributed by atoms with Crippen LogP contribution in [-0.2, 0) is 16.0 Å². The lowest BCUT2D eigenvalue weighted by atomic mass is 9.98. The summed E-state index contributed by atoms with van der Waals surface area (Å²) in [6.07, 6.45) is 7.88. The van der Waals surface area contributed by atoms with Crippen molar-refractivity contribution in [1.82, 2.24) is 5.32 Å². The van der Waals surface area contributed by atoms with Gasteiger partial charge in [0.05, 0.1) is 13.2 Å². The first-order valence-corrected chi connectivity index (χ1v) is 15.1. The Balaban J connectivity index is 1.12. The zero-order valence-electron chi connectivity index (χ0n) is 23.2. The van der Waals surface area contributed by atoms with Gasteiger partial charge in [-0.1, -0.05) is 50.5 Å². The highest BCUT2D eigenvalue weighted by molar-refractivity contribution is 8.15. The van der Waals surface area contributed by atoms with Crippen LogP contribution in [0.3, 0.4) is 0 Å². The Kier molecular flexibility index (Phi) is 9.00.